The number of anilines is 1. The molecule has 2 aliphatic rings. The second-order valence-electron chi connectivity index (χ2n) is 9.27. The molecule has 3 heterocycles. The number of alkyl halides is 3. The minimum absolute atomic E-state index is 0.0357. The van der Waals surface area contributed by atoms with Crippen molar-refractivity contribution in [2.45, 2.75) is 24.6 Å². The number of H-pyrrole nitrogens is 1. The van der Waals surface area contributed by atoms with Crippen molar-refractivity contribution in [1.29, 1.82) is 0 Å². The zero-order chi connectivity index (χ0) is 28.2. The Morgan fingerprint density at radius 2 is 1.69 bits per heavy atom. The van der Waals surface area contributed by atoms with E-state index in [1.165, 1.54) is 12.1 Å². The summed E-state index contributed by atoms with van der Waals surface area (Å²) in [6, 6.07) is 16.0. The quantitative estimate of drug-likeness (QED) is 0.364. The minimum atomic E-state index is -5.08. The predicted molar refractivity (Wildman–Crippen MR) is 135 cm³/mol. The van der Waals surface area contributed by atoms with Gasteiger partial charge in [-0.3, -0.25) is 9.59 Å². The summed E-state index contributed by atoms with van der Waals surface area (Å²) in [6.45, 7) is 3.21. The summed E-state index contributed by atoms with van der Waals surface area (Å²) in [5.41, 5.74) is 1.76. The van der Waals surface area contributed by atoms with Crippen LogP contribution in [0.1, 0.15) is 23.3 Å². The number of amides is 2. The number of para-hydroxylation sites is 1. The van der Waals surface area contributed by atoms with Crippen LogP contribution in [0.4, 0.5) is 23.2 Å². The Labute approximate surface area is 220 Å². The van der Waals surface area contributed by atoms with Gasteiger partial charge in [0.15, 0.2) is 0 Å². The van der Waals surface area contributed by atoms with Gasteiger partial charge in [-0.2, -0.15) is 13.2 Å². The van der Waals surface area contributed by atoms with E-state index in [9.17, 15) is 27.2 Å². The molecule has 0 saturated carbocycles. The number of carboxylic acids is 1. The molecule has 0 atom stereocenters. The van der Waals surface area contributed by atoms with Gasteiger partial charge in [-0.05, 0) is 49.2 Å². The maximum Gasteiger partial charge on any atom is 0.490 e. The van der Waals surface area contributed by atoms with Gasteiger partial charge in [-0.15, -0.1) is 0 Å². The van der Waals surface area contributed by atoms with Crippen LogP contribution in [0, 0.1) is 5.82 Å². The third kappa shape index (κ3) is 6.30. The summed E-state index contributed by atoms with van der Waals surface area (Å²) in [6.07, 6.45) is -3.71. The van der Waals surface area contributed by atoms with E-state index in [1.807, 2.05) is 30.3 Å². The van der Waals surface area contributed by atoms with Gasteiger partial charge >= 0.3 is 12.1 Å². The van der Waals surface area contributed by atoms with Crippen molar-refractivity contribution < 1.29 is 37.1 Å². The van der Waals surface area contributed by atoms with Crippen molar-refractivity contribution in [1.82, 2.24) is 20.5 Å². The fourth-order valence-electron chi connectivity index (χ4n) is 4.81. The molecule has 2 amide bonds. The monoisotopic (exact) mass is 549 g/mol. The number of piperidine rings is 1. The third-order valence-electron chi connectivity index (χ3n) is 6.89. The van der Waals surface area contributed by atoms with Crippen molar-refractivity contribution in [2.24, 2.45) is 0 Å². The van der Waals surface area contributed by atoms with Gasteiger partial charge < -0.3 is 30.5 Å². The zero-order valence-corrected chi connectivity index (χ0v) is 20.7. The Bertz CT molecular complexity index is 1300. The molecule has 1 aromatic heterocycles. The van der Waals surface area contributed by atoms with Crippen LogP contribution >= 0.6 is 0 Å². The maximum absolute atomic E-state index is 13.3. The first-order chi connectivity index (χ1) is 18.5. The topological polar surface area (TPSA) is 118 Å². The lowest BCUT2D eigenvalue weighted by atomic mass is 9.85. The molecule has 2 fully saturated rings. The highest BCUT2D eigenvalue weighted by Gasteiger charge is 2.50. The Hall–Kier alpha value is -4.13. The number of nitrogens with one attached hydrogen (secondary N) is 3. The number of carbonyl (C=O) groups excluding carboxylic acids is 2. The van der Waals surface area contributed by atoms with Gasteiger partial charge in [0.2, 0.25) is 5.91 Å². The van der Waals surface area contributed by atoms with Crippen LogP contribution < -0.4 is 15.5 Å². The summed E-state index contributed by atoms with van der Waals surface area (Å²) < 4.78 is 45.1. The van der Waals surface area contributed by atoms with Crippen molar-refractivity contribution in [3.05, 3.63) is 66.1 Å². The van der Waals surface area contributed by atoms with E-state index < -0.39 is 17.7 Å². The van der Waals surface area contributed by atoms with Gasteiger partial charge in [0.1, 0.15) is 17.1 Å². The number of hydrogen-bond acceptors (Lipinski definition) is 5. The molecule has 4 N–H and O–H groups in total. The molecule has 2 aliphatic heterocycles. The van der Waals surface area contributed by atoms with Crippen LogP contribution in [-0.2, 0) is 9.59 Å². The number of nitrogens with zero attached hydrogens (tertiary/aromatic N) is 2. The number of benzene rings is 2. The van der Waals surface area contributed by atoms with Crippen molar-refractivity contribution >= 4 is 34.4 Å². The second-order valence-corrected chi connectivity index (χ2v) is 9.27. The number of aromatic nitrogens is 1. The first-order valence-electron chi connectivity index (χ1n) is 12.2. The van der Waals surface area contributed by atoms with E-state index in [2.05, 4.69) is 25.4 Å². The van der Waals surface area contributed by atoms with Crippen LogP contribution in [0.15, 0.2) is 54.6 Å². The second kappa shape index (κ2) is 11.3. The lowest BCUT2D eigenvalue weighted by Crippen LogP contribution is -2.57. The minimum Gasteiger partial charge on any atom is -0.475 e. The number of hydrogen-bond donors (Lipinski definition) is 4. The molecule has 5 rings (SSSR count). The van der Waals surface area contributed by atoms with Crippen molar-refractivity contribution in [3.8, 4) is 0 Å². The molecule has 1 spiro atoms. The van der Waals surface area contributed by atoms with E-state index in [-0.39, 0.29) is 17.6 Å². The Kier molecular flexibility index (Phi) is 8.09. The molecule has 0 bridgehead atoms. The van der Waals surface area contributed by atoms with Gasteiger partial charge in [-0.25, -0.2) is 9.18 Å². The van der Waals surface area contributed by atoms with Crippen molar-refractivity contribution in [2.75, 3.05) is 37.7 Å². The summed E-state index contributed by atoms with van der Waals surface area (Å²) in [5, 5.41) is 14.1. The molecule has 9 nitrogen and oxygen atoms in total. The Morgan fingerprint density at radius 1 is 1.05 bits per heavy atom. The number of aromatic amines is 1. The van der Waals surface area contributed by atoms with Crippen LogP contribution in [0.25, 0.3) is 10.9 Å². The summed E-state index contributed by atoms with van der Waals surface area (Å²) in [4.78, 5) is 41.6. The fourth-order valence-corrected chi connectivity index (χ4v) is 4.81. The van der Waals surface area contributed by atoms with Gasteiger partial charge in [-0.1, -0.05) is 18.2 Å². The third-order valence-corrected chi connectivity index (χ3v) is 6.89. The summed E-state index contributed by atoms with van der Waals surface area (Å²) >= 11 is 0. The first kappa shape index (κ1) is 27.9. The lowest BCUT2D eigenvalue weighted by Gasteiger charge is -2.43. The first-order valence-corrected chi connectivity index (χ1v) is 12.2. The predicted octanol–water partition coefficient (Wildman–Crippen LogP) is 3.10. The average molecular weight is 550 g/mol. The molecule has 208 valence electrons. The standard InChI is InChI=1S/C24H26FN5O2.C2HF3O2/c25-18-5-7-19(8-6-18)30-16-27-23(32)24(30)9-12-29(13-10-24)14-11-26-22(31)21-15-17-3-1-2-4-20(17)28-21;3-2(4,5)1(6)7/h1-8,15,28H,9-14,16H2,(H,26,31)(H,27,32);(H,6,7). The normalized spacial score (nSPS) is 17.0. The van der Waals surface area contributed by atoms with E-state index in [0.717, 1.165) is 36.2 Å². The molecule has 0 aliphatic carbocycles. The molecule has 13 heteroatoms. The van der Waals surface area contributed by atoms with E-state index in [4.69, 9.17) is 9.90 Å². The SMILES string of the molecule is O=C(NCCN1CCC2(CC1)C(=O)NCN2c1ccc(F)cc1)c1cc2ccccc2[nH]1.O=C(O)C(F)(F)F. The van der Waals surface area contributed by atoms with Crippen LogP contribution in [0.2, 0.25) is 0 Å². The molecule has 3 aromatic rings. The number of halogens is 4. The highest BCUT2D eigenvalue weighted by Crippen LogP contribution is 2.36. The average Bonchev–Trinajstić information content (AvgIpc) is 3.47. The highest BCUT2D eigenvalue weighted by molar-refractivity contribution is 5.98. The number of likely N-dealkylation sites (tertiary alicyclic amines) is 1. The highest BCUT2D eigenvalue weighted by atomic mass is 19.4. The number of fused-ring (bicyclic) bond motifs is 1. The molecular formula is C26H27F4N5O4. The number of carbonyl (C=O) groups is 3. The Balaban J connectivity index is 0.000000448. The van der Waals surface area contributed by atoms with E-state index in [1.54, 1.807) is 12.1 Å². The number of aliphatic carboxylic acids is 1. The fraction of sp³-hybridized carbons (Fsp3) is 0.346. The van der Waals surface area contributed by atoms with Crippen molar-refractivity contribution in [3.63, 3.8) is 0 Å². The Morgan fingerprint density at radius 3 is 2.31 bits per heavy atom. The molecule has 2 aromatic carbocycles. The molecule has 39 heavy (non-hydrogen) atoms. The molecule has 2 saturated heterocycles. The smallest absolute Gasteiger partial charge is 0.475 e. The van der Waals surface area contributed by atoms with E-state index in [0.29, 0.717) is 31.7 Å². The lowest BCUT2D eigenvalue weighted by molar-refractivity contribution is -0.192. The summed E-state index contributed by atoms with van der Waals surface area (Å²) in [5.74, 6) is -3.13. The van der Waals surface area contributed by atoms with Crippen LogP contribution in [0.5, 0.6) is 0 Å². The zero-order valence-electron chi connectivity index (χ0n) is 20.7. The van der Waals surface area contributed by atoms with Crippen LogP contribution in [0.3, 0.4) is 0 Å². The van der Waals surface area contributed by atoms with Gasteiger partial charge in [0, 0.05) is 42.8 Å². The summed E-state index contributed by atoms with van der Waals surface area (Å²) in [7, 11) is 0. The van der Waals surface area contributed by atoms with Gasteiger partial charge in [0.25, 0.3) is 5.91 Å². The molecule has 0 radical (unpaired) electrons. The molecule has 0 unspecified atom stereocenters. The number of carboxylic acid groups (broad SMARTS) is 1. The van der Waals surface area contributed by atoms with Crippen LogP contribution in [-0.4, -0.2) is 77.3 Å². The van der Waals surface area contributed by atoms with Gasteiger partial charge in [0.05, 0.1) is 6.67 Å². The number of rotatable bonds is 5. The molecular weight excluding hydrogens is 522 g/mol. The van der Waals surface area contributed by atoms with E-state index >= 15 is 0 Å². The maximum atomic E-state index is 13.3. The largest absolute Gasteiger partial charge is 0.490 e.